The lowest BCUT2D eigenvalue weighted by molar-refractivity contribution is -0.154. The minimum Gasteiger partial charge on any atom is -0.468 e. The highest BCUT2D eigenvalue weighted by Crippen LogP contribution is 2.36. The second-order valence-corrected chi connectivity index (χ2v) is 11.7. The summed E-state index contributed by atoms with van der Waals surface area (Å²) in [4.78, 5) is 36.6. The molecule has 0 aliphatic carbocycles. The molecule has 6 rings (SSSR count). The van der Waals surface area contributed by atoms with Gasteiger partial charge in [0.2, 0.25) is 5.95 Å². The molecule has 5 heterocycles. The van der Waals surface area contributed by atoms with Crippen molar-refractivity contribution < 1.29 is 19.4 Å². The van der Waals surface area contributed by atoms with Gasteiger partial charge in [0, 0.05) is 26.6 Å². The first kappa shape index (κ1) is 28.5. The molecule has 1 aromatic carbocycles. The number of rotatable bonds is 7. The molecule has 2 aliphatic rings. The number of likely N-dealkylation sites (tertiary alicyclic amines) is 1. The Morgan fingerprint density at radius 1 is 1.10 bits per heavy atom. The van der Waals surface area contributed by atoms with Crippen molar-refractivity contribution >= 4 is 34.0 Å². The maximum atomic E-state index is 12.3. The maximum absolute atomic E-state index is 12.3. The second kappa shape index (κ2) is 11.2. The lowest BCUT2D eigenvalue weighted by Gasteiger charge is -2.41. The third-order valence-corrected chi connectivity index (χ3v) is 8.91. The van der Waals surface area contributed by atoms with E-state index in [1.165, 1.54) is 7.11 Å². The van der Waals surface area contributed by atoms with Crippen LogP contribution in [0.1, 0.15) is 51.4 Å². The van der Waals surface area contributed by atoms with E-state index in [0.29, 0.717) is 62.3 Å². The van der Waals surface area contributed by atoms with Gasteiger partial charge in [-0.2, -0.15) is 9.97 Å². The van der Waals surface area contributed by atoms with Crippen LogP contribution >= 0.6 is 0 Å². The molecule has 1 N–H and O–H groups in total. The van der Waals surface area contributed by atoms with E-state index >= 15 is 0 Å². The Bertz CT molecular complexity index is 1600. The standard InChI is InChI=1S/C30H40N8O4/c1-6-22-31-20-9-7-8-10-21(20)38(22)29-33-25-23(26(34-29)36-15-17-42-18-16-36)32-27(35(25)4)24(39)19-11-13-37(14-12-19)30(2,3)28(40)41-5/h7-10,19,24,39H,6,11-18H2,1-5H3/t24-/m1/s1. The number of fused-ring (bicyclic) bond motifs is 2. The summed E-state index contributed by atoms with van der Waals surface area (Å²) in [6.07, 6.45) is 1.41. The van der Waals surface area contributed by atoms with E-state index in [2.05, 4.69) is 16.7 Å². The number of aliphatic hydroxyl groups excluding tert-OH is 1. The number of aryl methyl sites for hydroxylation is 2. The number of hydrogen-bond acceptors (Lipinski definition) is 10. The van der Waals surface area contributed by atoms with Gasteiger partial charge in [-0.05, 0) is 57.8 Å². The van der Waals surface area contributed by atoms with Gasteiger partial charge in [-0.15, -0.1) is 0 Å². The number of imidazole rings is 2. The molecule has 2 fully saturated rings. The zero-order chi connectivity index (χ0) is 29.6. The Labute approximate surface area is 245 Å². The van der Waals surface area contributed by atoms with Crippen LogP contribution in [0.25, 0.3) is 28.1 Å². The van der Waals surface area contributed by atoms with E-state index in [-0.39, 0.29) is 11.9 Å². The van der Waals surface area contributed by atoms with Gasteiger partial charge in [0.15, 0.2) is 17.0 Å². The van der Waals surface area contributed by atoms with Crippen LogP contribution < -0.4 is 4.90 Å². The Morgan fingerprint density at radius 3 is 2.50 bits per heavy atom. The summed E-state index contributed by atoms with van der Waals surface area (Å²) in [5.74, 6) is 2.47. The number of aliphatic hydroxyl groups is 1. The van der Waals surface area contributed by atoms with E-state index in [1.807, 2.05) is 54.3 Å². The number of para-hydroxylation sites is 2. The lowest BCUT2D eigenvalue weighted by atomic mass is 9.88. The lowest BCUT2D eigenvalue weighted by Crippen LogP contribution is -2.54. The molecule has 3 aromatic heterocycles. The number of carbonyl (C=O) groups is 1. The van der Waals surface area contributed by atoms with Crippen molar-refractivity contribution in [3.8, 4) is 5.95 Å². The molecular weight excluding hydrogens is 536 g/mol. The van der Waals surface area contributed by atoms with E-state index in [4.69, 9.17) is 29.4 Å². The highest BCUT2D eigenvalue weighted by atomic mass is 16.5. The molecule has 0 spiro atoms. The van der Waals surface area contributed by atoms with Crippen molar-refractivity contribution in [1.82, 2.24) is 34.0 Å². The highest BCUT2D eigenvalue weighted by molar-refractivity contribution is 5.86. The summed E-state index contributed by atoms with van der Waals surface area (Å²) in [5.41, 5.74) is 2.47. The number of esters is 1. The van der Waals surface area contributed by atoms with Gasteiger partial charge in [-0.3, -0.25) is 14.3 Å². The fourth-order valence-corrected chi connectivity index (χ4v) is 6.31. The zero-order valence-electron chi connectivity index (χ0n) is 25.1. The number of carbonyl (C=O) groups excluding carboxylic acids is 1. The number of morpholine rings is 1. The average molecular weight is 577 g/mol. The van der Waals surface area contributed by atoms with Gasteiger partial charge in [-0.1, -0.05) is 19.1 Å². The summed E-state index contributed by atoms with van der Waals surface area (Å²) >= 11 is 0. The normalized spacial score (nSPS) is 18.2. The number of benzene rings is 1. The van der Waals surface area contributed by atoms with Gasteiger partial charge >= 0.3 is 5.97 Å². The quantitative estimate of drug-likeness (QED) is 0.329. The maximum Gasteiger partial charge on any atom is 0.325 e. The van der Waals surface area contributed by atoms with Crippen LogP contribution in [0.4, 0.5) is 5.82 Å². The summed E-state index contributed by atoms with van der Waals surface area (Å²) in [6.45, 7) is 9.83. The van der Waals surface area contributed by atoms with Crippen molar-refractivity contribution in [1.29, 1.82) is 0 Å². The van der Waals surface area contributed by atoms with Crippen molar-refractivity contribution in [3.63, 3.8) is 0 Å². The molecule has 4 aromatic rings. The van der Waals surface area contributed by atoms with Crippen molar-refractivity contribution in [2.45, 2.75) is 51.7 Å². The molecule has 2 saturated heterocycles. The van der Waals surface area contributed by atoms with E-state index < -0.39 is 11.6 Å². The number of nitrogens with zero attached hydrogens (tertiary/aromatic N) is 8. The summed E-state index contributed by atoms with van der Waals surface area (Å²) in [5, 5.41) is 11.7. The fraction of sp³-hybridized carbons (Fsp3) is 0.567. The number of aromatic nitrogens is 6. The van der Waals surface area contributed by atoms with Gasteiger partial charge in [0.1, 0.15) is 23.3 Å². The van der Waals surface area contributed by atoms with Crippen LogP contribution in [-0.4, -0.2) is 97.1 Å². The van der Waals surface area contributed by atoms with Crippen molar-refractivity contribution in [2.75, 3.05) is 51.4 Å². The van der Waals surface area contributed by atoms with E-state index in [0.717, 1.165) is 41.9 Å². The molecular formula is C30H40N8O4. The van der Waals surface area contributed by atoms with E-state index in [9.17, 15) is 9.90 Å². The van der Waals surface area contributed by atoms with Crippen molar-refractivity contribution in [3.05, 3.63) is 35.9 Å². The Hall–Kier alpha value is -3.61. The predicted molar refractivity (Wildman–Crippen MR) is 159 cm³/mol. The summed E-state index contributed by atoms with van der Waals surface area (Å²) in [7, 11) is 3.33. The fourth-order valence-electron chi connectivity index (χ4n) is 6.31. The molecule has 0 radical (unpaired) electrons. The monoisotopic (exact) mass is 576 g/mol. The molecule has 2 aliphatic heterocycles. The Kier molecular flexibility index (Phi) is 7.62. The predicted octanol–water partition coefficient (Wildman–Crippen LogP) is 2.80. The third kappa shape index (κ3) is 4.81. The Morgan fingerprint density at radius 2 is 1.81 bits per heavy atom. The Balaban J connectivity index is 1.39. The molecule has 0 unspecified atom stereocenters. The number of piperidine rings is 1. The van der Waals surface area contributed by atoms with Crippen LogP contribution in [0.3, 0.4) is 0 Å². The van der Waals surface area contributed by atoms with Crippen LogP contribution in [0.15, 0.2) is 24.3 Å². The van der Waals surface area contributed by atoms with Crippen molar-refractivity contribution in [2.24, 2.45) is 13.0 Å². The first-order valence-corrected chi connectivity index (χ1v) is 14.8. The molecule has 12 heteroatoms. The first-order valence-electron chi connectivity index (χ1n) is 14.8. The smallest absolute Gasteiger partial charge is 0.325 e. The second-order valence-electron chi connectivity index (χ2n) is 11.7. The average Bonchev–Trinajstić information content (AvgIpc) is 3.57. The molecule has 1 atom stereocenters. The van der Waals surface area contributed by atoms with Crippen LogP contribution in [0, 0.1) is 5.92 Å². The van der Waals surface area contributed by atoms with Crippen LogP contribution in [-0.2, 0) is 27.7 Å². The largest absolute Gasteiger partial charge is 0.468 e. The van der Waals surface area contributed by atoms with Gasteiger partial charge in [0.05, 0.1) is 31.4 Å². The first-order chi connectivity index (χ1) is 20.2. The molecule has 0 amide bonds. The SMILES string of the molecule is CCc1nc2ccccc2n1-c1nc(N2CCOCC2)c2nc([C@H](O)C3CCN(C(C)(C)C(=O)OC)CC3)n(C)c2n1. The minimum atomic E-state index is -0.783. The van der Waals surface area contributed by atoms with E-state index in [1.54, 1.807) is 0 Å². The number of methoxy groups -OCH3 is 1. The van der Waals surface area contributed by atoms with Gasteiger partial charge < -0.3 is 24.0 Å². The number of anilines is 1. The minimum absolute atomic E-state index is 0.00578. The topological polar surface area (TPSA) is 124 Å². The zero-order valence-corrected chi connectivity index (χ0v) is 25.1. The number of hydrogen-bond donors (Lipinski definition) is 1. The molecule has 0 saturated carbocycles. The highest BCUT2D eigenvalue weighted by Gasteiger charge is 2.40. The molecule has 12 nitrogen and oxygen atoms in total. The van der Waals surface area contributed by atoms with Crippen LogP contribution in [0.5, 0.6) is 0 Å². The summed E-state index contributed by atoms with van der Waals surface area (Å²) < 4.78 is 14.6. The molecule has 224 valence electrons. The molecule has 42 heavy (non-hydrogen) atoms. The van der Waals surface area contributed by atoms with Crippen LogP contribution in [0.2, 0.25) is 0 Å². The summed E-state index contributed by atoms with van der Waals surface area (Å²) in [6, 6.07) is 8.02. The van der Waals surface area contributed by atoms with Gasteiger partial charge in [-0.25, -0.2) is 9.97 Å². The molecule has 0 bridgehead atoms. The third-order valence-electron chi connectivity index (χ3n) is 8.91. The number of ether oxygens (including phenoxy) is 2. The van der Waals surface area contributed by atoms with Gasteiger partial charge in [0.25, 0.3) is 0 Å².